The van der Waals surface area contributed by atoms with Gasteiger partial charge in [-0.1, -0.05) is 17.3 Å². The number of hydrogen-bond donors (Lipinski definition) is 1. The first-order chi connectivity index (χ1) is 10.2. The molecule has 1 aromatic carbocycles. The number of rotatable bonds is 4. The summed E-state index contributed by atoms with van der Waals surface area (Å²) >= 11 is 0. The van der Waals surface area contributed by atoms with Crippen molar-refractivity contribution in [1.82, 2.24) is 10.1 Å². The van der Waals surface area contributed by atoms with Crippen LogP contribution in [0.2, 0.25) is 0 Å². The minimum atomic E-state index is -0.880. The molecule has 1 saturated heterocycles. The van der Waals surface area contributed by atoms with E-state index < -0.39 is 5.97 Å². The summed E-state index contributed by atoms with van der Waals surface area (Å²) in [5, 5.41) is 12.9. The van der Waals surface area contributed by atoms with E-state index in [4.69, 9.17) is 9.63 Å². The van der Waals surface area contributed by atoms with Crippen LogP contribution in [0.5, 0.6) is 0 Å². The van der Waals surface area contributed by atoms with E-state index >= 15 is 0 Å². The van der Waals surface area contributed by atoms with Crippen LogP contribution in [0.3, 0.4) is 0 Å². The number of piperidine rings is 1. The van der Waals surface area contributed by atoms with E-state index in [2.05, 4.69) is 10.1 Å². The second-order valence-electron chi connectivity index (χ2n) is 5.48. The number of aromatic nitrogens is 1. The van der Waals surface area contributed by atoms with Crippen LogP contribution in [0, 0.1) is 0 Å². The normalized spacial score (nSPS) is 17.0. The molecule has 1 aliphatic rings. The Morgan fingerprint density at radius 1 is 1.24 bits per heavy atom. The topological polar surface area (TPSA) is 66.6 Å². The lowest BCUT2D eigenvalue weighted by Crippen LogP contribution is -2.32. The van der Waals surface area contributed by atoms with Gasteiger partial charge in [0.15, 0.2) is 0 Å². The minimum Gasteiger partial charge on any atom is -0.478 e. The van der Waals surface area contributed by atoms with Crippen molar-refractivity contribution in [2.75, 3.05) is 13.1 Å². The fourth-order valence-corrected chi connectivity index (χ4v) is 2.83. The largest absolute Gasteiger partial charge is 0.478 e. The van der Waals surface area contributed by atoms with Crippen LogP contribution in [0.4, 0.5) is 0 Å². The second-order valence-corrected chi connectivity index (χ2v) is 5.48. The molecule has 1 aliphatic heterocycles. The molecule has 0 aliphatic carbocycles. The summed E-state index contributed by atoms with van der Waals surface area (Å²) in [7, 11) is 0. The van der Waals surface area contributed by atoms with Crippen molar-refractivity contribution >= 4 is 5.97 Å². The molecule has 1 N–H and O–H groups in total. The van der Waals surface area contributed by atoms with E-state index in [-0.39, 0.29) is 0 Å². The number of hydrogen-bond acceptors (Lipinski definition) is 4. The molecule has 3 rings (SSSR count). The molecular formula is C16H18N2O3. The third kappa shape index (κ3) is 3.31. The van der Waals surface area contributed by atoms with Crippen molar-refractivity contribution in [2.24, 2.45) is 0 Å². The Kier molecular flexibility index (Phi) is 4.01. The minimum absolute atomic E-state index is 0.337. The monoisotopic (exact) mass is 286 g/mol. The van der Waals surface area contributed by atoms with Crippen LogP contribution in [0.25, 0.3) is 0 Å². The summed E-state index contributed by atoms with van der Waals surface area (Å²) < 4.78 is 4.91. The smallest absolute Gasteiger partial charge is 0.335 e. The van der Waals surface area contributed by atoms with Gasteiger partial charge in [0, 0.05) is 18.5 Å². The van der Waals surface area contributed by atoms with Gasteiger partial charge in [-0.2, -0.15) is 0 Å². The first kappa shape index (κ1) is 13.8. The van der Waals surface area contributed by atoms with E-state index in [1.807, 2.05) is 18.2 Å². The second kappa shape index (κ2) is 6.10. The molecule has 2 heterocycles. The Labute approximate surface area is 123 Å². The number of carboxylic acids is 1. The van der Waals surface area contributed by atoms with E-state index in [1.165, 1.54) is 0 Å². The predicted octanol–water partition coefficient (Wildman–Crippen LogP) is 2.75. The maximum atomic E-state index is 10.8. The van der Waals surface area contributed by atoms with Gasteiger partial charge >= 0.3 is 5.97 Å². The standard InChI is InChI=1S/C16H18N2O3/c19-16(20)14-3-1-12(2-4-14)11-18-8-5-13(6-9-18)15-7-10-21-17-15/h1-4,7,10,13H,5-6,8-9,11H2,(H,19,20). The summed E-state index contributed by atoms with van der Waals surface area (Å²) in [6.45, 7) is 2.92. The summed E-state index contributed by atoms with van der Waals surface area (Å²) in [5.41, 5.74) is 2.55. The summed E-state index contributed by atoms with van der Waals surface area (Å²) in [4.78, 5) is 13.2. The van der Waals surface area contributed by atoms with Gasteiger partial charge in [0.05, 0.1) is 11.3 Å². The van der Waals surface area contributed by atoms with Crippen molar-refractivity contribution in [3.05, 3.63) is 53.4 Å². The quantitative estimate of drug-likeness (QED) is 0.936. The highest BCUT2D eigenvalue weighted by molar-refractivity contribution is 5.87. The fourth-order valence-electron chi connectivity index (χ4n) is 2.83. The highest BCUT2D eigenvalue weighted by atomic mass is 16.5. The van der Waals surface area contributed by atoms with Gasteiger partial charge in [-0.05, 0) is 43.6 Å². The zero-order valence-electron chi connectivity index (χ0n) is 11.7. The van der Waals surface area contributed by atoms with Crippen LogP contribution >= 0.6 is 0 Å². The zero-order chi connectivity index (χ0) is 14.7. The van der Waals surface area contributed by atoms with Gasteiger partial charge in [0.1, 0.15) is 6.26 Å². The van der Waals surface area contributed by atoms with Crippen LogP contribution < -0.4 is 0 Å². The van der Waals surface area contributed by atoms with Gasteiger partial charge in [0.25, 0.3) is 0 Å². The Hall–Kier alpha value is -2.14. The summed E-state index contributed by atoms with van der Waals surface area (Å²) in [6.07, 6.45) is 3.80. The average molecular weight is 286 g/mol. The number of carboxylic acid groups (broad SMARTS) is 1. The Bertz CT molecular complexity index is 584. The Morgan fingerprint density at radius 3 is 2.52 bits per heavy atom. The van der Waals surface area contributed by atoms with Gasteiger partial charge < -0.3 is 9.63 Å². The molecule has 0 radical (unpaired) electrons. The molecular weight excluding hydrogens is 268 g/mol. The lowest BCUT2D eigenvalue weighted by Gasteiger charge is -2.31. The van der Waals surface area contributed by atoms with Crippen LogP contribution in [-0.4, -0.2) is 34.2 Å². The molecule has 0 atom stereocenters. The van der Waals surface area contributed by atoms with E-state index in [1.54, 1.807) is 18.4 Å². The van der Waals surface area contributed by atoms with Crippen molar-refractivity contribution in [3.63, 3.8) is 0 Å². The number of likely N-dealkylation sites (tertiary alicyclic amines) is 1. The van der Waals surface area contributed by atoms with Gasteiger partial charge in [-0.25, -0.2) is 4.79 Å². The maximum Gasteiger partial charge on any atom is 0.335 e. The Morgan fingerprint density at radius 2 is 1.95 bits per heavy atom. The molecule has 0 unspecified atom stereocenters. The number of carbonyl (C=O) groups is 1. The molecule has 1 aromatic heterocycles. The Balaban J connectivity index is 1.54. The lowest BCUT2D eigenvalue weighted by atomic mass is 9.93. The molecule has 2 aromatic rings. The molecule has 5 heteroatoms. The molecule has 5 nitrogen and oxygen atoms in total. The predicted molar refractivity (Wildman–Crippen MR) is 77.2 cm³/mol. The van der Waals surface area contributed by atoms with E-state index in [0.29, 0.717) is 11.5 Å². The average Bonchev–Trinajstić information content (AvgIpc) is 3.03. The molecule has 21 heavy (non-hydrogen) atoms. The highest BCUT2D eigenvalue weighted by Gasteiger charge is 2.22. The number of benzene rings is 1. The van der Waals surface area contributed by atoms with Crippen LogP contribution in [0.15, 0.2) is 41.1 Å². The van der Waals surface area contributed by atoms with Gasteiger partial charge in [0.2, 0.25) is 0 Å². The van der Waals surface area contributed by atoms with Crippen molar-refractivity contribution < 1.29 is 14.4 Å². The molecule has 0 spiro atoms. The third-order valence-corrected chi connectivity index (χ3v) is 4.07. The lowest BCUT2D eigenvalue weighted by molar-refractivity contribution is 0.0697. The summed E-state index contributed by atoms with van der Waals surface area (Å²) in [5.74, 6) is -0.385. The van der Waals surface area contributed by atoms with Crippen molar-refractivity contribution in [1.29, 1.82) is 0 Å². The molecule has 110 valence electrons. The highest BCUT2D eigenvalue weighted by Crippen LogP contribution is 2.27. The number of nitrogens with zero attached hydrogens (tertiary/aromatic N) is 2. The maximum absolute atomic E-state index is 10.8. The van der Waals surface area contributed by atoms with E-state index in [0.717, 1.165) is 43.7 Å². The van der Waals surface area contributed by atoms with Crippen LogP contribution in [-0.2, 0) is 6.54 Å². The first-order valence-corrected chi connectivity index (χ1v) is 7.17. The zero-order valence-corrected chi connectivity index (χ0v) is 11.7. The third-order valence-electron chi connectivity index (χ3n) is 4.07. The van der Waals surface area contributed by atoms with Crippen molar-refractivity contribution in [2.45, 2.75) is 25.3 Å². The molecule has 1 fully saturated rings. The fraction of sp³-hybridized carbons (Fsp3) is 0.375. The molecule has 0 amide bonds. The molecule has 0 bridgehead atoms. The van der Waals surface area contributed by atoms with Gasteiger partial charge in [-0.3, -0.25) is 4.90 Å². The first-order valence-electron chi connectivity index (χ1n) is 7.17. The van der Waals surface area contributed by atoms with Gasteiger partial charge in [-0.15, -0.1) is 0 Å². The van der Waals surface area contributed by atoms with Crippen LogP contribution in [0.1, 0.15) is 40.4 Å². The van der Waals surface area contributed by atoms with Crippen molar-refractivity contribution in [3.8, 4) is 0 Å². The number of aromatic carboxylic acids is 1. The molecule has 0 saturated carbocycles. The summed E-state index contributed by atoms with van der Waals surface area (Å²) in [6, 6.07) is 9.07. The van der Waals surface area contributed by atoms with E-state index in [9.17, 15) is 4.79 Å². The SMILES string of the molecule is O=C(O)c1ccc(CN2CCC(c3ccon3)CC2)cc1.